The summed E-state index contributed by atoms with van der Waals surface area (Å²) in [6.45, 7) is 3.73. The summed E-state index contributed by atoms with van der Waals surface area (Å²) in [5, 5.41) is 5.50. The van der Waals surface area contributed by atoms with Crippen molar-refractivity contribution in [1.82, 2.24) is 31.5 Å². The lowest BCUT2D eigenvalue weighted by molar-refractivity contribution is -0.141. The molecule has 4 N–H and O–H groups in total. The van der Waals surface area contributed by atoms with E-state index >= 15 is 0 Å². The fraction of sp³-hybridized carbons (Fsp3) is 0.684. The molecule has 31 heavy (non-hydrogen) atoms. The lowest BCUT2D eigenvalue weighted by Crippen LogP contribution is -2.45. The number of hydrazine groups is 1. The highest BCUT2D eigenvalue weighted by atomic mass is 19.4. The Morgan fingerprint density at radius 3 is 2.61 bits per heavy atom. The smallest absolute Gasteiger partial charge is 0.434 e. The molecule has 3 rings (SSSR count). The highest BCUT2D eigenvalue weighted by Crippen LogP contribution is 2.33. The number of amides is 2. The highest BCUT2D eigenvalue weighted by Gasteiger charge is 2.37. The van der Waals surface area contributed by atoms with E-state index < -0.39 is 18.0 Å². The Balaban J connectivity index is 1.41. The molecule has 0 radical (unpaired) electrons. The second-order valence-corrected chi connectivity index (χ2v) is 8.22. The zero-order valence-electron chi connectivity index (χ0n) is 17.3. The van der Waals surface area contributed by atoms with Crippen LogP contribution in [0.3, 0.4) is 0 Å². The molecule has 9 nitrogen and oxygen atoms in total. The average molecular weight is 444 g/mol. The number of carbonyl (C=O) groups excluding carboxylic acids is 2. The number of ether oxygens (including phenoxy) is 1. The second kappa shape index (κ2) is 9.77. The molecule has 0 bridgehead atoms. The number of rotatable bonds is 6. The van der Waals surface area contributed by atoms with E-state index in [4.69, 9.17) is 4.74 Å². The van der Waals surface area contributed by atoms with Gasteiger partial charge in [-0.15, -0.1) is 0 Å². The monoisotopic (exact) mass is 444 g/mol. The van der Waals surface area contributed by atoms with E-state index in [1.165, 1.54) is 0 Å². The van der Waals surface area contributed by atoms with Crippen LogP contribution in [0.4, 0.5) is 18.0 Å². The molecule has 1 aromatic heterocycles. The van der Waals surface area contributed by atoms with Gasteiger partial charge in [-0.3, -0.25) is 15.2 Å². The fourth-order valence-electron chi connectivity index (χ4n) is 3.85. The van der Waals surface area contributed by atoms with Crippen molar-refractivity contribution in [1.29, 1.82) is 0 Å². The minimum atomic E-state index is -4.56. The van der Waals surface area contributed by atoms with Gasteiger partial charge in [0.15, 0.2) is 5.69 Å². The van der Waals surface area contributed by atoms with Gasteiger partial charge in [-0.25, -0.2) is 15.2 Å². The molecular weight excluding hydrogens is 417 g/mol. The normalized spacial score (nSPS) is 26.1. The number of halogens is 3. The van der Waals surface area contributed by atoms with E-state index in [2.05, 4.69) is 31.5 Å². The van der Waals surface area contributed by atoms with Crippen molar-refractivity contribution in [2.24, 2.45) is 5.92 Å². The van der Waals surface area contributed by atoms with Crippen LogP contribution < -0.4 is 21.5 Å². The van der Waals surface area contributed by atoms with Crippen LogP contribution in [0.15, 0.2) is 12.4 Å². The number of nitrogens with one attached hydrogen (secondary N) is 4. The van der Waals surface area contributed by atoms with Crippen molar-refractivity contribution in [2.75, 3.05) is 0 Å². The first kappa shape index (κ1) is 23.2. The molecule has 172 valence electrons. The van der Waals surface area contributed by atoms with Crippen molar-refractivity contribution in [3.63, 3.8) is 0 Å². The molecule has 2 aliphatic rings. The number of alkyl carbamates (subject to hydrolysis) is 1. The Morgan fingerprint density at radius 2 is 1.97 bits per heavy atom. The molecule has 2 unspecified atom stereocenters. The summed E-state index contributed by atoms with van der Waals surface area (Å²) in [7, 11) is 0. The predicted molar refractivity (Wildman–Crippen MR) is 103 cm³/mol. The van der Waals surface area contributed by atoms with E-state index in [1.54, 1.807) is 0 Å². The highest BCUT2D eigenvalue weighted by molar-refractivity contribution is 5.78. The number of hydrogen-bond donors (Lipinski definition) is 4. The first-order valence-corrected chi connectivity index (χ1v) is 10.3. The molecule has 2 heterocycles. The van der Waals surface area contributed by atoms with Crippen LogP contribution in [-0.2, 0) is 22.1 Å². The fourth-order valence-corrected chi connectivity index (χ4v) is 3.85. The number of alkyl halides is 3. The lowest BCUT2D eigenvalue weighted by atomic mass is 9.96. The predicted octanol–water partition coefficient (Wildman–Crippen LogP) is 1.65. The lowest BCUT2D eigenvalue weighted by Gasteiger charge is -2.18. The maximum Gasteiger partial charge on any atom is 0.434 e. The summed E-state index contributed by atoms with van der Waals surface area (Å²) in [5.74, 6) is -0.0703. The quantitative estimate of drug-likeness (QED) is 0.527. The second-order valence-electron chi connectivity index (χ2n) is 8.22. The summed E-state index contributed by atoms with van der Waals surface area (Å²) >= 11 is 0. The third-order valence-corrected chi connectivity index (χ3v) is 5.28. The summed E-state index contributed by atoms with van der Waals surface area (Å²) in [5.41, 5.74) is 5.26. The molecular formula is C19H27F3N6O3. The van der Waals surface area contributed by atoms with Gasteiger partial charge in [0.05, 0.1) is 24.5 Å². The Morgan fingerprint density at radius 1 is 1.19 bits per heavy atom. The number of aromatic nitrogens is 2. The van der Waals surface area contributed by atoms with E-state index in [1.807, 2.05) is 13.8 Å². The van der Waals surface area contributed by atoms with E-state index in [-0.39, 0.29) is 42.4 Å². The van der Waals surface area contributed by atoms with Crippen LogP contribution in [0.1, 0.15) is 50.9 Å². The first-order chi connectivity index (χ1) is 14.6. The van der Waals surface area contributed by atoms with E-state index in [9.17, 15) is 22.8 Å². The van der Waals surface area contributed by atoms with E-state index in [0.717, 1.165) is 25.5 Å². The molecule has 1 saturated heterocycles. The van der Waals surface area contributed by atoms with Crippen molar-refractivity contribution >= 4 is 12.0 Å². The molecule has 1 aliphatic heterocycles. The molecule has 2 fully saturated rings. The van der Waals surface area contributed by atoms with Crippen LogP contribution in [0.2, 0.25) is 0 Å². The maximum atomic E-state index is 12.5. The summed E-state index contributed by atoms with van der Waals surface area (Å²) in [6, 6.07) is 0.126. The Labute approximate surface area is 177 Å². The van der Waals surface area contributed by atoms with Crippen molar-refractivity contribution < 1.29 is 27.5 Å². The third kappa shape index (κ3) is 6.76. The molecule has 2 amide bonds. The third-order valence-electron chi connectivity index (χ3n) is 5.28. The van der Waals surface area contributed by atoms with Crippen molar-refractivity contribution in [3.8, 4) is 0 Å². The van der Waals surface area contributed by atoms with Gasteiger partial charge in [-0.05, 0) is 45.4 Å². The van der Waals surface area contributed by atoms with Gasteiger partial charge in [-0.2, -0.15) is 13.2 Å². The van der Waals surface area contributed by atoms with Gasteiger partial charge >= 0.3 is 12.3 Å². The number of nitrogens with zero attached hydrogens (tertiary/aromatic N) is 2. The summed E-state index contributed by atoms with van der Waals surface area (Å²) in [4.78, 5) is 30.9. The van der Waals surface area contributed by atoms with Crippen LogP contribution in [-0.4, -0.2) is 46.3 Å². The minimum Gasteiger partial charge on any atom is -0.446 e. The van der Waals surface area contributed by atoms with Crippen LogP contribution in [0.25, 0.3) is 0 Å². The SMILES string of the molecule is CC(C)NC(=O)O[C@@H]1CC[C@H](C2CC(NC(=O)Cc3cnc(C(F)(F)F)cn3)NN2)C1. The zero-order chi connectivity index (χ0) is 22.6. The van der Waals surface area contributed by atoms with Gasteiger partial charge in [0.25, 0.3) is 0 Å². The van der Waals surface area contributed by atoms with E-state index in [0.29, 0.717) is 18.5 Å². The van der Waals surface area contributed by atoms with Crippen LogP contribution in [0.5, 0.6) is 0 Å². The Bertz CT molecular complexity index is 774. The minimum absolute atomic E-state index is 0.0170. The van der Waals surface area contributed by atoms with Gasteiger partial charge < -0.3 is 15.4 Å². The molecule has 0 aromatic carbocycles. The zero-order valence-corrected chi connectivity index (χ0v) is 17.3. The maximum absolute atomic E-state index is 12.5. The van der Waals surface area contributed by atoms with Gasteiger partial charge in [0, 0.05) is 18.3 Å². The Hall–Kier alpha value is -2.47. The van der Waals surface area contributed by atoms with Crippen LogP contribution in [0, 0.1) is 5.92 Å². The molecule has 1 saturated carbocycles. The molecule has 1 aromatic rings. The molecule has 4 atom stereocenters. The summed E-state index contributed by atoms with van der Waals surface area (Å²) < 4.78 is 43.0. The first-order valence-electron chi connectivity index (χ1n) is 10.3. The molecule has 0 spiro atoms. The molecule has 12 heteroatoms. The summed E-state index contributed by atoms with van der Waals surface area (Å²) in [6.07, 6.45) is -0.932. The number of hydrogen-bond acceptors (Lipinski definition) is 7. The number of carbonyl (C=O) groups is 2. The molecule has 1 aliphatic carbocycles. The largest absolute Gasteiger partial charge is 0.446 e. The average Bonchev–Trinajstić information content (AvgIpc) is 3.30. The van der Waals surface area contributed by atoms with Gasteiger partial charge in [0.1, 0.15) is 6.10 Å². The topological polar surface area (TPSA) is 117 Å². The Kier molecular flexibility index (Phi) is 7.31. The standard InChI is InChI=1S/C19H27F3N6O3/c1-10(2)25-18(30)31-13-4-3-11(5-13)14-7-16(28-27-14)26-17(29)6-12-8-24-15(9-23-12)19(20,21)22/h8-11,13-14,16,27-28H,3-7H2,1-2H3,(H,25,30)(H,26,29)/t11-,13+,14?,16?/m0/s1. The van der Waals surface area contributed by atoms with Crippen molar-refractivity contribution in [2.45, 2.75) is 76.5 Å². The van der Waals surface area contributed by atoms with Gasteiger partial charge in [0.2, 0.25) is 5.91 Å². The van der Waals surface area contributed by atoms with Crippen molar-refractivity contribution in [3.05, 3.63) is 23.8 Å². The van der Waals surface area contributed by atoms with Gasteiger partial charge in [-0.1, -0.05) is 0 Å². The van der Waals surface area contributed by atoms with Crippen LogP contribution >= 0.6 is 0 Å².